The summed E-state index contributed by atoms with van der Waals surface area (Å²) in [6, 6.07) is 2.54. The van der Waals surface area contributed by atoms with Gasteiger partial charge in [-0.15, -0.1) is 0 Å². The highest BCUT2D eigenvalue weighted by atomic mass is 19.1. The predicted molar refractivity (Wildman–Crippen MR) is 79.6 cm³/mol. The molecule has 2 atom stereocenters. The maximum atomic E-state index is 14.2. The van der Waals surface area contributed by atoms with E-state index in [0.29, 0.717) is 30.6 Å². The van der Waals surface area contributed by atoms with E-state index in [2.05, 4.69) is 0 Å². The lowest BCUT2D eigenvalue weighted by Crippen LogP contribution is -2.41. The van der Waals surface area contributed by atoms with E-state index in [4.69, 9.17) is 14.2 Å². The van der Waals surface area contributed by atoms with Crippen LogP contribution in [0.1, 0.15) is 25.3 Å². The Morgan fingerprint density at radius 2 is 2.26 bits per heavy atom. The number of halogens is 1. The van der Waals surface area contributed by atoms with Crippen molar-refractivity contribution in [2.24, 2.45) is 5.92 Å². The average molecular weight is 322 g/mol. The molecule has 1 aromatic carbocycles. The number of carbonyl (C=O) groups is 1. The van der Waals surface area contributed by atoms with E-state index >= 15 is 0 Å². The van der Waals surface area contributed by atoms with Gasteiger partial charge in [-0.3, -0.25) is 4.79 Å². The molecule has 0 spiro atoms. The van der Waals surface area contributed by atoms with Crippen LogP contribution in [-0.2, 0) is 20.7 Å². The van der Waals surface area contributed by atoms with Crippen molar-refractivity contribution in [3.8, 4) is 11.5 Å². The van der Waals surface area contributed by atoms with Gasteiger partial charge >= 0.3 is 0 Å². The lowest BCUT2D eigenvalue weighted by Gasteiger charge is -2.35. The van der Waals surface area contributed by atoms with Crippen molar-refractivity contribution in [1.29, 1.82) is 0 Å². The fourth-order valence-corrected chi connectivity index (χ4v) is 3.31. The molecule has 5 nitrogen and oxygen atoms in total. The number of fused-ring (bicyclic) bond motifs is 1. The standard InChI is InChI=1S/C17H19FO5/c1-10(5-11-6-14(20)15(21-2)8-13(11)18)17-4-3-12(19)7-16(17)22-9-23-17/h6-8,10,20H,3-5,9H2,1-2H3/t10-,17+/m0/s1. The molecule has 0 aromatic heterocycles. The fourth-order valence-electron chi connectivity index (χ4n) is 3.31. The molecule has 2 aliphatic rings. The lowest BCUT2D eigenvalue weighted by atomic mass is 9.76. The van der Waals surface area contributed by atoms with Gasteiger partial charge in [-0.05, 0) is 30.4 Å². The molecule has 1 aliphatic carbocycles. The van der Waals surface area contributed by atoms with Gasteiger partial charge in [0.2, 0.25) is 0 Å². The summed E-state index contributed by atoms with van der Waals surface area (Å²) in [4.78, 5) is 11.6. The Morgan fingerprint density at radius 3 is 3.00 bits per heavy atom. The van der Waals surface area contributed by atoms with Crippen LogP contribution in [0.15, 0.2) is 24.0 Å². The van der Waals surface area contributed by atoms with Crippen molar-refractivity contribution in [2.45, 2.75) is 31.8 Å². The number of ether oxygens (including phenoxy) is 3. The lowest BCUT2D eigenvalue weighted by molar-refractivity contribution is -0.117. The Morgan fingerprint density at radius 1 is 1.48 bits per heavy atom. The third-order valence-corrected chi connectivity index (χ3v) is 4.65. The second-order valence-electron chi connectivity index (χ2n) is 5.99. The van der Waals surface area contributed by atoms with Crippen LogP contribution in [0.5, 0.6) is 11.5 Å². The minimum atomic E-state index is -0.699. The van der Waals surface area contributed by atoms with E-state index < -0.39 is 11.4 Å². The smallest absolute Gasteiger partial charge is 0.189 e. The maximum absolute atomic E-state index is 14.2. The summed E-state index contributed by atoms with van der Waals surface area (Å²) >= 11 is 0. The Labute approximate surface area is 133 Å². The van der Waals surface area contributed by atoms with Crippen LogP contribution in [-0.4, -0.2) is 30.4 Å². The number of methoxy groups -OCH3 is 1. The van der Waals surface area contributed by atoms with Gasteiger partial charge in [-0.1, -0.05) is 6.92 Å². The summed E-state index contributed by atoms with van der Waals surface area (Å²) in [5, 5.41) is 9.86. The number of rotatable bonds is 4. The van der Waals surface area contributed by atoms with Crippen molar-refractivity contribution in [1.82, 2.24) is 0 Å². The Balaban J connectivity index is 1.87. The molecule has 124 valence electrons. The molecule has 0 radical (unpaired) electrons. The number of phenolic OH excluding ortho intramolecular Hbond substituents is 1. The van der Waals surface area contributed by atoms with Crippen molar-refractivity contribution in [2.75, 3.05) is 13.9 Å². The number of ketones is 1. The van der Waals surface area contributed by atoms with Crippen LogP contribution in [0.4, 0.5) is 4.39 Å². The Bertz CT molecular complexity index is 669. The van der Waals surface area contributed by atoms with Gasteiger partial charge in [-0.25, -0.2) is 4.39 Å². The van der Waals surface area contributed by atoms with Crippen LogP contribution in [0.2, 0.25) is 0 Å². The van der Waals surface area contributed by atoms with Gasteiger partial charge in [0.15, 0.2) is 24.1 Å². The fraction of sp³-hybridized carbons (Fsp3) is 0.471. The van der Waals surface area contributed by atoms with Crippen LogP contribution < -0.4 is 4.74 Å². The quantitative estimate of drug-likeness (QED) is 0.923. The molecule has 3 rings (SSSR count). The molecule has 23 heavy (non-hydrogen) atoms. The largest absolute Gasteiger partial charge is 0.504 e. The molecular weight excluding hydrogens is 303 g/mol. The number of aromatic hydroxyl groups is 1. The van der Waals surface area contributed by atoms with Crippen molar-refractivity contribution in [3.63, 3.8) is 0 Å². The first-order valence-electron chi connectivity index (χ1n) is 7.53. The molecule has 0 bridgehead atoms. The van der Waals surface area contributed by atoms with E-state index in [0.717, 1.165) is 0 Å². The highest BCUT2D eigenvalue weighted by Crippen LogP contribution is 2.44. The van der Waals surface area contributed by atoms with Gasteiger partial charge in [0.25, 0.3) is 0 Å². The maximum Gasteiger partial charge on any atom is 0.189 e. The molecule has 1 aliphatic heterocycles. The Hall–Kier alpha value is -2.08. The monoisotopic (exact) mass is 322 g/mol. The van der Waals surface area contributed by atoms with Gasteiger partial charge in [-0.2, -0.15) is 0 Å². The van der Waals surface area contributed by atoms with Crippen LogP contribution in [0.3, 0.4) is 0 Å². The van der Waals surface area contributed by atoms with E-state index in [9.17, 15) is 14.3 Å². The van der Waals surface area contributed by atoms with Gasteiger partial charge in [0.1, 0.15) is 17.2 Å². The van der Waals surface area contributed by atoms with Gasteiger partial charge in [0, 0.05) is 18.6 Å². The highest BCUT2D eigenvalue weighted by molar-refractivity contribution is 5.91. The third-order valence-electron chi connectivity index (χ3n) is 4.65. The zero-order valence-corrected chi connectivity index (χ0v) is 13.1. The normalized spacial score (nSPS) is 24.7. The predicted octanol–water partition coefficient (Wildman–Crippen LogP) is 2.71. The molecule has 1 saturated heterocycles. The van der Waals surface area contributed by atoms with E-state index in [1.807, 2.05) is 6.92 Å². The van der Waals surface area contributed by atoms with Crippen LogP contribution in [0, 0.1) is 11.7 Å². The molecule has 0 saturated carbocycles. The number of benzene rings is 1. The molecular formula is C17H19FO5. The zero-order chi connectivity index (χ0) is 16.6. The molecule has 1 N–H and O–H groups in total. The molecule has 0 unspecified atom stereocenters. The van der Waals surface area contributed by atoms with E-state index in [1.54, 1.807) is 0 Å². The molecule has 1 heterocycles. The van der Waals surface area contributed by atoms with E-state index in [1.165, 1.54) is 25.3 Å². The number of carbonyl (C=O) groups excluding carboxylic acids is 1. The van der Waals surface area contributed by atoms with Crippen molar-refractivity contribution < 1.29 is 28.5 Å². The van der Waals surface area contributed by atoms with Gasteiger partial charge in [0.05, 0.1) is 7.11 Å². The summed E-state index contributed by atoms with van der Waals surface area (Å²) in [5.74, 6) is -0.0278. The first-order chi connectivity index (χ1) is 11.0. The Kier molecular flexibility index (Phi) is 4.02. The van der Waals surface area contributed by atoms with Crippen molar-refractivity contribution in [3.05, 3.63) is 35.3 Å². The second kappa shape index (κ2) is 5.85. The first-order valence-corrected chi connectivity index (χ1v) is 7.53. The highest BCUT2D eigenvalue weighted by Gasteiger charge is 2.49. The summed E-state index contributed by atoms with van der Waals surface area (Å²) in [6.07, 6.45) is 2.73. The van der Waals surface area contributed by atoms with Crippen LogP contribution in [0.25, 0.3) is 0 Å². The molecule has 1 fully saturated rings. The number of phenols is 1. The summed E-state index contributed by atoms with van der Waals surface area (Å²) in [5.41, 5.74) is -0.326. The third kappa shape index (κ3) is 2.67. The van der Waals surface area contributed by atoms with E-state index in [-0.39, 0.29) is 30.0 Å². The molecule has 6 heteroatoms. The zero-order valence-electron chi connectivity index (χ0n) is 13.1. The van der Waals surface area contributed by atoms with Gasteiger partial charge < -0.3 is 19.3 Å². The summed E-state index contributed by atoms with van der Waals surface area (Å²) in [7, 11) is 1.37. The molecule has 0 amide bonds. The SMILES string of the molecule is COc1cc(F)c(C[C@H](C)[C@]23CCC(=O)C=C2OCO3)cc1O. The van der Waals surface area contributed by atoms with Crippen molar-refractivity contribution >= 4 is 5.78 Å². The number of allylic oxidation sites excluding steroid dienone is 1. The minimum Gasteiger partial charge on any atom is -0.504 e. The first kappa shape index (κ1) is 15.8. The minimum absolute atomic E-state index is 0.0154. The summed E-state index contributed by atoms with van der Waals surface area (Å²) < 4.78 is 30.3. The number of hydrogen-bond acceptors (Lipinski definition) is 5. The number of hydrogen-bond donors (Lipinski definition) is 1. The summed E-state index contributed by atoms with van der Waals surface area (Å²) in [6.45, 7) is 2.03. The second-order valence-corrected chi connectivity index (χ2v) is 5.99. The topological polar surface area (TPSA) is 65.0 Å². The molecule has 1 aromatic rings. The van der Waals surface area contributed by atoms with Crippen LogP contribution >= 0.6 is 0 Å². The average Bonchev–Trinajstić information content (AvgIpc) is 2.94.